The van der Waals surface area contributed by atoms with E-state index in [1.807, 2.05) is 0 Å². The number of Topliss-reactive ketones (excluding diaryl/α,β-unsaturated/α-hetero) is 1. The molecule has 1 amide bonds. The van der Waals surface area contributed by atoms with Gasteiger partial charge in [0.2, 0.25) is 0 Å². The molecule has 0 aromatic heterocycles. The molecule has 0 heterocycles. The molecule has 0 saturated heterocycles. The van der Waals surface area contributed by atoms with E-state index in [1.54, 1.807) is 0 Å². The van der Waals surface area contributed by atoms with Crippen LogP contribution in [0.5, 0.6) is 0 Å². The minimum atomic E-state index is -1.30. The van der Waals surface area contributed by atoms with Crippen molar-refractivity contribution in [2.75, 3.05) is 6.61 Å². The molecule has 4 rings (SSSR count). The highest BCUT2D eigenvalue weighted by Crippen LogP contribution is 2.67. The Morgan fingerprint density at radius 3 is 2.45 bits per heavy atom. The van der Waals surface area contributed by atoms with E-state index in [2.05, 4.69) is 30.4 Å². The molecule has 0 radical (unpaired) electrons. The summed E-state index contributed by atoms with van der Waals surface area (Å²) in [6, 6.07) is -1.30. The van der Waals surface area contributed by atoms with Crippen LogP contribution in [-0.4, -0.2) is 62.9 Å². The van der Waals surface area contributed by atoms with Crippen LogP contribution in [0.2, 0.25) is 0 Å². The van der Waals surface area contributed by atoms with E-state index < -0.39 is 36.1 Å². The number of allylic oxidation sites excluding steroid dienone is 2. The highest BCUT2D eigenvalue weighted by atomic mass is 16.6. The molecule has 0 aromatic carbocycles. The summed E-state index contributed by atoms with van der Waals surface area (Å²) in [4.78, 5) is 51.7. The number of carbonyl (C=O) groups excluding carboxylic acids is 2. The summed E-state index contributed by atoms with van der Waals surface area (Å²) in [5, 5.41) is 35.7. The largest absolute Gasteiger partial charge is 0.481 e. The van der Waals surface area contributed by atoms with Crippen molar-refractivity contribution < 1.29 is 39.3 Å². The molecule has 10 nitrogen and oxygen atoms in total. The van der Waals surface area contributed by atoms with Gasteiger partial charge >= 0.3 is 11.9 Å². The first kappa shape index (κ1) is 28.3. The monoisotopic (exact) mass is 532 g/mol. The first-order valence-corrected chi connectivity index (χ1v) is 13.7. The second-order valence-electron chi connectivity index (χ2n) is 12.2. The normalized spacial score (nSPS) is 37.7. The van der Waals surface area contributed by atoms with Gasteiger partial charge in [0.15, 0.2) is 12.4 Å². The van der Waals surface area contributed by atoms with Gasteiger partial charge in [-0.05, 0) is 94.0 Å². The van der Waals surface area contributed by atoms with Crippen molar-refractivity contribution in [1.29, 1.82) is 0 Å². The fourth-order valence-corrected chi connectivity index (χ4v) is 8.17. The molecular weight excluding hydrogens is 492 g/mol. The van der Waals surface area contributed by atoms with E-state index in [9.17, 15) is 29.4 Å². The molecule has 38 heavy (non-hydrogen) atoms. The van der Waals surface area contributed by atoms with Gasteiger partial charge in [0.1, 0.15) is 11.6 Å². The number of nitrogens with one attached hydrogen (secondary N) is 1. The zero-order valence-electron chi connectivity index (χ0n) is 22.5. The number of amides is 1. The number of fused-ring (bicyclic) bond motifs is 5. The lowest BCUT2D eigenvalue weighted by Crippen LogP contribution is -2.57. The van der Waals surface area contributed by atoms with Crippen LogP contribution >= 0.6 is 0 Å². The van der Waals surface area contributed by atoms with Crippen molar-refractivity contribution >= 4 is 29.3 Å². The Hall–Kier alpha value is -2.75. The Kier molecular flexibility index (Phi) is 7.76. The van der Waals surface area contributed by atoms with Crippen molar-refractivity contribution in [2.45, 2.75) is 96.6 Å². The lowest BCUT2D eigenvalue weighted by Gasteiger charge is -2.59. The average molecular weight is 533 g/mol. The van der Waals surface area contributed by atoms with Gasteiger partial charge in [-0.3, -0.25) is 14.4 Å². The maximum Gasteiger partial charge on any atom is 0.326 e. The number of carboxylic acids is 2. The molecule has 4 aliphatic carbocycles. The van der Waals surface area contributed by atoms with Crippen molar-refractivity contribution in [2.24, 2.45) is 33.7 Å². The van der Waals surface area contributed by atoms with Crippen molar-refractivity contribution in [1.82, 2.24) is 5.32 Å². The van der Waals surface area contributed by atoms with E-state index in [4.69, 9.17) is 9.94 Å². The first-order chi connectivity index (χ1) is 17.8. The molecule has 3 fully saturated rings. The maximum absolute atomic E-state index is 12.4. The summed E-state index contributed by atoms with van der Waals surface area (Å²) >= 11 is 0. The Bertz CT molecular complexity index is 1070. The highest BCUT2D eigenvalue weighted by molar-refractivity contribution is 5.96. The number of nitrogens with zero attached hydrogens (tertiary/aromatic N) is 1. The van der Waals surface area contributed by atoms with Gasteiger partial charge < -0.3 is 25.5 Å². The Morgan fingerprint density at radius 1 is 1.08 bits per heavy atom. The molecule has 210 valence electrons. The molecule has 0 spiro atoms. The quantitative estimate of drug-likeness (QED) is 0.329. The number of carbonyl (C=O) groups is 4. The van der Waals surface area contributed by atoms with Crippen molar-refractivity contribution in [3.8, 4) is 0 Å². The first-order valence-electron chi connectivity index (χ1n) is 13.7. The van der Waals surface area contributed by atoms with E-state index in [0.29, 0.717) is 30.6 Å². The minimum Gasteiger partial charge on any atom is -0.481 e. The van der Waals surface area contributed by atoms with Gasteiger partial charge in [-0.15, -0.1) is 0 Å². The number of aliphatic hydroxyl groups is 1. The summed E-state index contributed by atoms with van der Waals surface area (Å²) in [5.41, 5.74) is 0.532. The second kappa shape index (κ2) is 10.4. The van der Waals surface area contributed by atoms with Crippen molar-refractivity contribution in [3.05, 3.63) is 11.6 Å². The number of hydrogen-bond donors (Lipinski definition) is 4. The van der Waals surface area contributed by atoms with Crippen LogP contribution in [0.15, 0.2) is 16.8 Å². The smallest absolute Gasteiger partial charge is 0.326 e. The van der Waals surface area contributed by atoms with Crippen LogP contribution in [0, 0.1) is 28.6 Å². The zero-order chi connectivity index (χ0) is 27.9. The van der Waals surface area contributed by atoms with E-state index in [0.717, 1.165) is 44.2 Å². The lowest BCUT2D eigenvalue weighted by atomic mass is 9.46. The molecule has 10 heteroatoms. The van der Waals surface area contributed by atoms with Crippen LogP contribution in [0.4, 0.5) is 0 Å². The third kappa shape index (κ3) is 4.87. The summed E-state index contributed by atoms with van der Waals surface area (Å²) in [7, 11) is 0. The maximum atomic E-state index is 12.4. The molecule has 0 unspecified atom stereocenters. The van der Waals surface area contributed by atoms with Crippen LogP contribution in [0.1, 0.15) is 85.0 Å². The summed E-state index contributed by atoms with van der Waals surface area (Å²) < 4.78 is 0. The molecule has 3 saturated carbocycles. The number of rotatable bonds is 9. The Labute approximate surface area is 222 Å². The third-order valence-corrected chi connectivity index (χ3v) is 10.4. The molecule has 7 atom stereocenters. The Balaban J connectivity index is 1.38. The topological polar surface area (TPSA) is 163 Å². The van der Waals surface area contributed by atoms with Crippen LogP contribution in [-0.2, 0) is 24.0 Å². The predicted molar refractivity (Wildman–Crippen MR) is 137 cm³/mol. The fraction of sp³-hybridized carbons (Fsp3) is 0.750. The van der Waals surface area contributed by atoms with Gasteiger partial charge in [0.05, 0.1) is 5.71 Å². The zero-order valence-corrected chi connectivity index (χ0v) is 22.5. The molecule has 0 aromatic rings. The number of hydrogen-bond acceptors (Lipinski definition) is 7. The van der Waals surface area contributed by atoms with E-state index in [1.165, 1.54) is 12.5 Å². The molecule has 0 bridgehead atoms. The van der Waals surface area contributed by atoms with Crippen molar-refractivity contribution in [3.63, 3.8) is 0 Å². The van der Waals surface area contributed by atoms with Crippen LogP contribution in [0.25, 0.3) is 0 Å². The van der Waals surface area contributed by atoms with Gasteiger partial charge in [0.25, 0.3) is 5.91 Å². The lowest BCUT2D eigenvalue weighted by molar-refractivity contribution is -0.159. The summed E-state index contributed by atoms with van der Waals surface area (Å²) in [6.45, 7) is 5.53. The van der Waals surface area contributed by atoms with Gasteiger partial charge in [-0.25, -0.2) is 4.79 Å². The molecular formula is C28H40N2O8. The summed E-state index contributed by atoms with van der Waals surface area (Å²) in [5.74, 6) is -1.90. The van der Waals surface area contributed by atoms with Crippen LogP contribution < -0.4 is 5.32 Å². The van der Waals surface area contributed by atoms with Gasteiger partial charge in [-0.1, -0.05) is 24.6 Å². The number of ketones is 1. The molecule has 0 aliphatic heterocycles. The van der Waals surface area contributed by atoms with Crippen LogP contribution in [0.3, 0.4) is 0 Å². The fourth-order valence-electron chi connectivity index (χ4n) is 8.17. The predicted octanol–water partition coefficient (Wildman–Crippen LogP) is 3.08. The minimum absolute atomic E-state index is 0.0242. The standard InChI is InChI=1S/C28H40N2O8/c1-16(31)28(37)13-10-21-19-5-4-17-14-18(8-11-26(17,2)20(19)9-12-27(21,28)3)30-38-15-23(32)29-22(25(35)36)6-7-24(33)34/h14,19-22,37H,4-13,15H2,1-3H3,(H,29,32)(H,33,34)(H,35,36)/b30-18-/t19-,20+,21+,22+,26-,27-,28+/m0/s1. The van der Waals surface area contributed by atoms with E-state index in [-0.39, 0.29) is 29.5 Å². The molecule has 4 aliphatic rings. The highest BCUT2D eigenvalue weighted by Gasteiger charge is 2.65. The number of oxime groups is 1. The SMILES string of the molecule is CC(=O)[C@]1(O)CC[C@@H]2[C@H]3CCC4=C/C(=N\OCC(=O)N[C@H](CCC(=O)O)C(=O)O)CC[C@]4(C)[C@@H]3CC[C@@]21C. The average Bonchev–Trinajstić information content (AvgIpc) is 3.13. The third-order valence-electron chi connectivity index (χ3n) is 10.4. The molecule has 4 N–H and O–H groups in total. The van der Waals surface area contributed by atoms with Gasteiger partial charge in [0, 0.05) is 11.8 Å². The second-order valence-corrected chi connectivity index (χ2v) is 12.2. The number of carboxylic acid groups (broad SMARTS) is 2. The summed E-state index contributed by atoms with van der Waals surface area (Å²) in [6.07, 6.45) is 8.32. The van der Waals surface area contributed by atoms with Gasteiger partial charge in [-0.2, -0.15) is 0 Å². The van der Waals surface area contributed by atoms with E-state index >= 15 is 0 Å². The number of aliphatic carboxylic acids is 2. The Morgan fingerprint density at radius 2 is 1.79 bits per heavy atom.